The van der Waals surface area contributed by atoms with Crippen molar-refractivity contribution in [3.8, 4) is 0 Å². The molecule has 1 aliphatic heterocycles. The number of hydrogen-bond donors (Lipinski definition) is 1. The van der Waals surface area contributed by atoms with E-state index < -0.39 is 0 Å². The predicted octanol–water partition coefficient (Wildman–Crippen LogP) is 2.37. The molecular weight excluding hydrogens is 306 g/mol. The summed E-state index contributed by atoms with van der Waals surface area (Å²) < 4.78 is 11.2. The number of aliphatic hydroxyl groups excluding tert-OH is 1. The quantitative estimate of drug-likeness (QED) is 0.938. The molecule has 0 spiro atoms. The number of hydrogen-bond acceptors (Lipinski definition) is 4. The van der Waals surface area contributed by atoms with Gasteiger partial charge in [-0.15, -0.1) is 0 Å². The van der Waals surface area contributed by atoms with Gasteiger partial charge in [-0.25, -0.2) is 0 Å². The van der Waals surface area contributed by atoms with Crippen LogP contribution in [0.25, 0.3) is 11.0 Å². The Balaban J connectivity index is 1.84. The summed E-state index contributed by atoms with van der Waals surface area (Å²) >= 11 is 0. The lowest BCUT2D eigenvalue weighted by atomic mass is 9.98. The number of amides is 1. The Morgan fingerprint density at radius 2 is 2.12 bits per heavy atom. The van der Waals surface area contributed by atoms with E-state index in [1.165, 1.54) is 5.56 Å². The molecule has 24 heavy (non-hydrogen) atoms. The smallest absolute Gasteiger partial charge is 0.227 e. The molecular formula is C19H25NO4. The molecule has 2 aromatic rings. The molecule has 1 saturated heterocycles. The second-order valence-corrected chi connectivity index (χ2v) is 6.74. The van der Waals surface area contributed by atoms with Crippen LogP contribution in [0.3, 0.4) is 0 Å². The summed E-state index contributed by atoms with van der Waals surface area (Å²) in [6.07, 6.45) is 2.02. The molecule has 1 fully saturated rings. The number of fused-ring (bicyclic) bond motifs is 1. The minimum atomic E-state index is -0.0100. The number of nitrogens with zero attached hydrogens (tertiary/aromatic N) is 1. The van der Waals surface area contributed by atoms with Crippen molar-refractivity contribution in [2.24, 2.45) is 5.92 Å². The SMILES string of the molecule is Cc1cc(C)c2c(CC(=O)N3CCOC[C@H](CO)C3)coc2c1C. The summed E-state index contributed by atoms with van der Waals surface area (Å²) in [5.74, 6) is 0.0449. The first-order chi connectivity index (χ1) is 11.5. The number of carbonyl (C=O) groups is 1. The van der Waals surface area contributed by atoms with Gasteiger partial charge in [0.2, 0.25) is 5.91 Å². The molecule has 1 atom stereocenters. The van der Waals surface area contributed by atoms with Gasteiger partial charge >= 0.3 is 0 Å². The van der Waals surface area contributed by atoms with E-state index in [4.69, 9.17) is 9.15 Å². The summed E-state index contributed by atoms with van der Waals surface area (Å²) in [6, 6.07) is 2.14. The van der Waals surface area contributed by atoms with E-state index >= 15 is 0 Å². The van der Waals surface area contributed by atoms with Crippen molar-refractivity contribution in [1.29, 1.82) is 0 Å². The Bertz CT molecular complexity index is 749. The third-order valence-electron chi connectivity index (χ3n) is 4.92. The first kappa shape index (κ1) is 17.0. The maximum Gasteiger partial charge on any atom is 0.227 e. The standard InChI is InChI=1S/C19H25NO4/c1-12-6-13(2)18-16(11-24-19(18)14(12)3)7-17(22)20-4-5-23-10-15(8-20)9-21/h6,11,15,21H,4-5,7-10H2,1-3H3/t15-/m0/s1. The number of aliphatic hydroxyl groups is 1. The molecule has 1 aromatic carbocycles. The van der Waals surface area contributed by atoms with E-state index in [1.54, 1.807) is 11.2 Å². The van der Waals surface area contributed by atoms with Crippen molar-refractivity contribution in [2.75, 3.05) is 32.9 Å². The van der Waals surface area contributed by atoms with Crippen molar-refractivity contribution in [1.82, 2.24) is 4.90 Å². The van der Waals surface area contributed by atoms with Gasteiger partial charge in [-0.1, -0.05) is 6.07 Å². The Kier molecular flexibility index (Phi) is 4.92. The summed E-state index contributed by atoms with van der Waals surface area (Å²) in [6.45, 7) is 8.35. The van der Waals surface area contributed by atoms with Gasteiger partial charge in [-0.05, 0) is 37.5 Å². The monoisotopic (exact) mass is 331 g/mol. The number of rotatable bonds is 3. The highest BCUT2D eigenvalue weighted by Crippen LogP contribution is 2.30. The van der Waals surface area contributed by atoms with Crippen LogP contribution in [0.5, 0.6) is 0 Å². The maximum atomic E-state index is 12.7. The van der Waals surface area contributed by atoms with E-state index in [0.29, 0.717) is 32.7 Å². The van der Waals surface area contributed by atoms with Crippen LogP contribution in [0.1, 0.15) is 22.3 Å². The van der Waals surface area contributed by atoms with E-state index in [1.807, 2.05) is 6.92 Å². The number of aryl methyl sites for hydroxylation is 3. The Morgan fingerprint density at radius 1 is 1.33 bits per heavy atom. The van der Waals surface area contributed by atoms with E-state index in [-0.39, 0.29) is 18.4 Å². The Hall–Kier alpha value is -1.85. The number of carbonyl (C=O) groups excluding carboxylic acids is 1. The summed E-state index contributed by atoms with van der Waals surface area (Å²) in [4.78, 5) is 14.5. The third-order valence-corrected chi connectivity index (χ3v) is 4.92. The van der Waals surface area contributed by atoms with Crippen LogP contribution in [-0.2, 0) is 16.0 Å². The molecule has 2 heterocycles. The van der Waals surface area contributed by atoms with Gasteiger partial charge in [0.15, 0.2) is 0 Å². The van der Waals surface area contributed by atoms with E-state index in [0.717, 1.165) is 27.7 Å². The molecule has 0 radical (unpaired) electrons. The Labute approximate surface area is 142 Å². The maximum absolute atomic E-state index is 12.7. The molecule has 130 valence electrons. The van der Waals surface area contributed by atoms with Gasteiger partial charge in [0.25, 0.3) is 0 Å². The molecule has 0 saturated carbocycles. The zero-order chi connectivity index (χ0) is 17.3. The van der Waals surface area contributed by atoms with Gasteiger partial charge in [0.05, 0.1) is 25.9 Å². The average molecular weight is 331 g/mol. The molecule has 1 aliphatic rings. The minimum Gasteiger partial charge on any atom is -0.464 e. The van der Waals surface area contributed by atoms with Crippen LogP contribution in [0, 0.1) is 26.7 Å². The fourth-order valence-electron chi connectivity index (χ4n) is 3.41. The predicted molar refractivity (Wildman–Crippen MR) is 92.1 cm³/mol. The van der Waals surface area contributed by atoms with Crippen molar-refractivity contribution in [3.63, 3.8) is 0 Å². The van der Waals surface area contributed by atoms with Crippen LogP contribution in [0.2, 0.25) is 0 Å². The number of ether oxygens (including phenoxy) is 1. The van der Waals surface area contributed by atoms with E-state index in [9.17, 15) is 9.90 Å². The molecule has 0 aliphatic carbocycles. The molecule has 0 unspecified atom stereocenters. The summed E-state index contributed by atoms with van der Waals surface area (Å²) in [5, 5.41) is 10.4. The van der Waals surface area contributed by atoms with Gasteiger partial charge in [0, 0.05) is 36.6 Å². The fraction of sp³-hybridized carbons (Fsp3) is 0.526. The molecule has 3 rings (SSSR count). The Morgan fingerprint density at radius 3 is 2.88 bits per heavy atom. The molecule has 5 heteroatoms. The van der Waals surface area contributed by atoms with Crippen molar-refractivity contribution in [3.05, 3.63) is 34.6 Å². The normalized spacial score (nSPS) is 18.8. The van der Waals surface area contributed by atoms with Crippen LogP contribution < -0.4 is 0 Å². The summed E-state index contributed by atoms with van der Waals surface area (Å²) in [7, 11) is 0. The number of benzene rings is 1. The van der Waals surface area contributed by atoms with Gasteiger partial charge in [0.1, 0.15) is 5.58 Å². The van der Waals surface area contributed by atoms with Gasteiger partial charge < -0.3 is 19.2 Å². The molecule has 1 amide bonds. The second kappa shape index (κ2) is 6.95. The average Bonchev–Trinajstić information content (AvgIpc) is 2.82. The first-order valence-corrected chi connectivity index (χ1v) is 8.44. The van der Waals surface area contributed by atoms with Crippen LogP contribution in [-0.4, -0.2) is 48.8 Å². The second-order valence-electron chi connectivity index (χ2n) is 6.74. The highest BCUT2D eigenvalue weighted by molar-refractivity contribution is 5.91. The van der Waals surface area contributed by atoms with Crippen LogP contribution >= 0.6 is 0 Å². The third kappa shape index (κ3) is 3.19. The fourth-order valence-corrected chi connectivity index (χ4v) is 3.41. The molecule has 1 aromatic heterocycles. The first-order valence-electron chi connectivity index (χ1n) is 8.44. The van der Waals surface area contributed by atoms with E-state index in [2.05, 4.69) is 19.9 Å². The molecule has 0 bridgehead atoms. The van der Waals surface area contributed by atoms with Crippen molar-refractivity contribution >= 4 is 16.9 Å². The molecule has 5 nitrogen and oxygen atoms in total. The molecule has 1 N–H and O–H groups in total. The lowest BCUT2D eigenvalue weighted by molar-refractivity contribution is -0.131. The number of furan rings is 1. The summed E-state index contributed by atoms with van der Waals surface area (Å²) in [5.41, 5.74) is 5.27. The lowest BCUT2D eigenvalue weighted by Crippen LogP contribution is -2.37. The van der Waals surface area contributed by atoms with Crippen LogP contribution in [0.4, 0.5) is 0 Å². The topological polar surface area (TPSA) is 62.9 Å². The van der Waals surface area contributed by atoms with Gasteiger partial charge in [-0.3, -0.25) is 4.79 Å². The zero-order valence-corrected chi connectivity index (χ0v) is 14.6. The highest BCUT2D eigenvalue weighted by atomic mass is 16.5. The van der Waals surface area contributed by atoms with Crippen molar-refractivity contribution < 1.29 is 19.1 Å². The van der Waals surface area contributed by atoms with Crippen LogP contribution in [0.15, 0.2) is 16.7 Å². The largest absolute Gasteiger partial charge is 0.464 e. The minimum absolute atomic E-state index is 0.0100. The van der Waals surface area contributed by atoms with Gasteiger partial charge in [-0.2, -0.15) is 0 Å². The lowest BCUT2D eigenvalue weighted by Gasteiger charge is -2.22. The van der Waals surface area contributed by atoms with Crippen molar-refractivity contribution in [2.45, 2.75) is 27.2 Å². The highest BCUT2D eigenvalue weighted by Gasteiger charge is 2.23. The zero-order valence-electron chi connectivity index (χ0n) is 14.6.